The number of fused-ring (bicyclic) bond motifs is 1. The summed E-state index contributed by atoms with van der Waals surface area (Å²) >= 11 is 0. The van der Waals surface area contributed by atoms with E-state index in [-0.39, 0.29) is 5.56 Å². The Morgan fingerprint density at radius 2 is 1.88 bits per heavy atom. The van der Waals surface area contributed by atoms with Crippen LogP contribution in [0.2, 0.25) is 0 Å². The molecular weight excluding hydrogens is 326 g/mol. The van der Waals surface area contributed by atoms with Crippen LogP contribution in [-0.2, 0) is 6.54 Å². The zero-order chi connectivity index (χ0) is 18.1. The SMILES string of the molecule is Cc1noc(C)c1-c1c[nH]c(=O)c(NCc2ccc3ccccc3c2)c1. The van der Waals surface area contributed by atoms with Crippen molar-refractivity contribution in [2.24, 2.45) is 0 Å². The molecule has 0 aliphatic rings. The van der Waals surface area contributed by atoms with Crippen LogP contribution in [0.5, 0.6) is 0 Å². The molecule has 0 bridgehead atoms. The summed E-state index contributed by atoms with van der Waals surface area (Å²) in [4.78, 5) is 15.0. The number of aromatic nitrogens is 2. The molecule has 4 rings (SSSR count). The van der Waals surface area contributed by atoms with E-state index in [1.807, 2.05) is 32.0 Å². The lowest BCUT2D eigenvalue weighted by molar-refractivity contribution is 0.393. The molecule has 26 heavy (non-hydrogen) atoms. The Morgan fingerprint density at radius 1 is 1.08 bits per heavy atom. The van der Waals surface area contributed by atoms with E-state index in [9.17, 15) is 4.79 Å². The fourth-order valence-corrected chi connectivity index (χ4v) is 3.20. The Hall–Kier alpha value is -3.34. The molecule has 130 valence electrons. The van der Waals surface area contributed by atoms with Crippen LogP contribution in [0.1, 0.15) is 17.0 Å². The predicted molar refractivity (Wildman–Crippen MR) is 103 cm³/mol. The van der Waals surface area contributed by atoms with Gasteiger partial charge in [0, 0.05) is 23.9 Å². The van der Waals surface area contributed by atoms with Gasteiger partial charge in [0.25, 0.3) is 5.56 Å². The molecular formula is C21H19N3O2. The normalized spacial score (nSPS) is 11.0. The fourth-order valence-electron chi connectivity index (χ4n) is 3.20. The molecule has 5 heteroatoms. The summed E-state index contributed by atoms with van der Waals surface area (Å²) in [5.74, 6) is 0.732. The van der Waals surface area contributed by atoms with Gasteiger partial charge in [0.1, 0.15) is 11.4 Å². The first-order valence-electron chi connectivity index (χ1n) is 8.49. The van der Waals surface area contributed by atoms with E-state index in [2.05, 4.69) is 45.8 Å². The van der Waals surface area contributed by atoms with E-state index in [0.29, 0.717) is 12.2 Å². The Bertz CT molecular complexity index is 1120. The molecule has 0 saturated heterocycles. The molecule has 5 nitrogen and oxygen atoms in total. The zero-order valence-electron chi connectivity index (χ0n) is 14.7. The van der Waals surface area contributed by atoms with E-state index in [1.165, 1.54) is 10.8 Å². The highest BCUT2D eigenvalue weighted by atomic mass is 16.5. The fraction of sp³-hybridized carbons (Fsp3) is 0.143. The maximum Gasteiger partial charge on any atom is 0.271 e. The summed E-state index contributed by atoms with van der Waals surface area (Å²) < 4.78 is 5.23. The lowest BCUT2D eigenvalue weighted by Crippen LogP contribution is -2.13. The summed E-state index contributed by atoms with van der Waals surface area (Å²) in [5, 5.41) is 9.61. The Morgan fingerprint density at radius 3 is 2.65 bits per heavy atom. The molecule has 2 heterocycles. The first kappa shape index (κ1) is 16.1. The van der Waals surface area contributed by atoms with Crippen molar-refractivity contribution in [2.75, 3.05) is 5.32 Å². The third-order valence-electron chi connectivity index (χ3n) is 4.52. The molecule has 0 aliphatic carbocycles. The molecule has 0 atom stereocenters. The molecule has 0 aliphatic heterocycles. The number of benzene rings is 2. The number of hydrogen-bond donors (Lipinski definition) is 2. The monoisotopic (exact) mass is 345 g/mol. The van der Waals surface area contributed by atoms with Crippen molar-refractivity contribution < 1.29 is 4.52 Å². The average Bonchev–Trinajstić information content (AvgIpc) is 2.99. The molecule has 2 aromatic carbocycles. The standard InChI is InChI=1S/C21H19N3O2/c1-13-20(14(2)26-24-13)18-10-19(21(25)23-12-18)22-11-15-7-8-16-5-3-4-6-17(16)9-15/h3-10,12,22H,11H2,1-2H3,(H,23,25). The number of rotatable bonds is 4. The van der Waals surface area contributed by atoms with Gasteiger partial charge in [-0.15, -0.1) is 0 Å². The lowest BCUT2D eigenvalue weighted by atomic mass is 10.1. The maximum atomic E-state index is 12.2. The second-order valence-corrected chi connectivity index (χ2v) is 6.37. The summed E-state index contributed by atoms with van der Waals surface area (Å²) in [7, 11) is 0. The lowest BCUT2D eigenvalue weighted by Gasteiger charge is -2.09. The number of pyridine rings is 1. The van der Waals surface area contributed by atoms with Crippen molar-refractivity contribution in [1.82, 2.24) is 10.1 Å². The molecule has 0 spiro atoms. The predicted octanol–water partition coefficient (Wildman–Crippen LogP) is 4.41. The van der Waals surface area contributed by atoms with Crippen molar-refractivity contribution in [3.8, 4) is 11.1 Å². The summed E-state index contributed by atoms with van der Waals surface area (Å²) in [6, 6.07) is 16.4. The van der Waals surface area contributed by atoms with E-state index >= 15 is 0 Å². The summed E-state index contributed by atoms with van der Waals surface area (Å²) in [6.07, 6.45) is 1.69. The molecule has 4 aromatic rings. The number of aryl methyl sites for hydroxylation is 2. The van der Waals surface area contributed by atoms with Crippen LogP contribution in [0.3, 0.4) is 0 Å². The zero-order valence-corrected chi connectivity index (χ0v) is 14.7. The molecule has 2 aromatic heterocycles. The average molecular weight is 345 g/mol. The number of nitrogens with one attached hydrogen (secondary N) is 2. The Labute approximate surface area is 150 Å². The number of nitrogens with zero attached hydrogens (tertiary/aromatic N) is 1. The second-order valence-electron chi connectivity index (χ2n) is 6.37. The van der Waals surface area contributed by atoms with Crippen LogP contribution in [0.4, 0.5) is 5.69 Å². The van der Waals surface area contributed by atoms with Gasteiger partial charge in [-0.2, -0.15) is 0 Å². The number of aromatic amines is 1. The van der Waals surface area contributed by atoms with E-state index in [0.717, 1.165) is 28.1 Å². The first-order valence-corrected chi connectivity index (χ1v) is 8.49. The summed E-state index contributed by atoms with van der Waals surface area (Å²) in [6.45, 7) is 4.32. The van der Waals surface area contributed by atoms with Gasteiger partial charge in [0.15, 0.2) is 0 Å². The molecule has 0 fully saturated rings. The van der Waals surface area contributed by atoms with Gasteiger partial charge < -0.3 is 14.8 Å². The van der Waals surface area contributed by atoms with Crippen LogP contribution < -0.4 is 10.9 Å². The maximum absolute atomic E-state index is 12.2. The van der Waals surface area contributed by atoms with Gasteiger partial charge in [-0.05, 0) is 42.3 Å². The van der Waals surface area contributed by atoms with Crippen LogP contribution in [-0.4, -0.2) is 10.1 Å². The van der Waals surface area contributed by atoms with Crippen LogP contribution in [0.25, 0.3) is 21.9 Å². The third-order valence-corrected chi connectivity index (χ3v) is 4.52. The number of hydrogen-bond acceptors (Lipinski definition) is 4. The van der Waals surface area contributed by atoms with E-state index in [1.54, 1.807) is 6.20 Å². The van der Waals surface area contributed by atoms with Gasteiger partial charge in [-0.3, -0.25) is 4.79 Å². The topological polar surface area (TPSA) is 70.9 Å². The van der Waals surface area contributed by atoms with Crippen molar-refractivity contribution in [3.05, 3.63) is 82.1 Å². The Kier molecular flexibility index (Phi) is 4.05. The van der Waals surface area contributed by atoms with E-state index < -0.39 is 0 Å². The number of H-pyrrole nitrogens is 1. The highest BCUT2D eigenvalue weighted by Gasteiger charge is 2.13. The van der Waals surface area contributed by atoms with Crippen molar-refractivity contribution in [1.29, 1.82) is 0 Å². The van der Waals surface area contributed by atoms with Gasteiger partial charge in [0.05, 0.1) is 5.69 Å². The molecule has 0 amide bonds. The Balaban J connectivity index is 1.61. The number of anilines is 1. The first-order chi connectivity index (χ1) is 12.6. The van der Waals surface area contributed by atoms with Crippen LogP contribution in [0, 0.1) is 13.8 Å². The highest BCUT2D eigenvalue weighted by molar-refractivity contribution is 5.83. The van der Waals surface area contributed by atoms with Gasteiger partial charge in [0.2, 0.25) is 0 Å². The third kappa shape index (κ3) is 2.99. The minimum atomic E-state index is -0.152. The van der Waals surface area contributed by atoms with Crippen LogP contribution in [0.15, 0.2) is 64.0 Å². The van der Waals surface area contributed by atoms with Gasteiger partial charge in [-0.1, -0.05) is 41.6 Å². The molecule has 0 radical (unpaired) electrons. The molecule has 0 saturated carbocycles. The van der Waals surface area contributed by atoms with Gasteiger partial charge in [-0.25, -0.2) is 0 Å². The second kappa shape index (κ2) is 6.52. The van der Waals surface area contributed by atoms with Crippen molar-refractivity contribution in [2.45, 2.75) is 20.4 Å². The van der Waals surface area contributed by atoms with Crippen molar-refractivity contribution >= 4 is 16.5 Å². The minimum absolute atomic E-state index is 0.152. The van der Waals surface area contributed by atoms with E-state index in [4.69, 9.17) is 4.52 Å². The summed E-state index contributed by atoms with van der Waals surface area (Å²) in [5.41, 5.74) is 4.08. The van der Waals surface area contributed by atoms with Crippen molar-refractivity contribution in [3.63, 3.8) is 0 Å². The quantitative estimate of drug-likeness (QED) is 0.575. The molecule has 2 N–H and O–H groups in total. The van der Waals surface area contributed by atoms with Gasteiger partial charge >= 0.3 is 0 Å². The molecule has 0 unspecified atom stereocenters. The highest BCUT2D eigenvalue weighted by Crippen LogP contribution is 2.27. The smallest absolute Gasteiger partial charge is 0.271 e. The minimum Gasteiger partial charge on any atom is -0.376 e. The largest absolute Gasteiger partial charge is 0.376 e. The van der Waals surface area contributed by atoms with Crippen LogP contribution >= 0.6 is 0 Å².